The van der Waals surface area contributed by atoms with Gasteiger partial charge in [-0.15, -0.1) is 0 Å². The van der Waals surface area contributed by atoms with Gasteiger partial charge in [0.2, 0.25) is 21.8 Å². The predicted molar refractivity (Wildman–Crippen MR) is 157 cm³/mol. The molecule has 39 heavy (non-hydrogen) atoms. The van der Waals surface area contributed by atoms with Gasteiger partial charge in [0, 0.05) is 23.5 Å². The number of benzene rings is 3. The molecule has 2 amide bonds. The first-order chi connectivity index (χ1) is 18.2. The van der Waals surface area contributed by atoms with Gasteiger partial charge in [0.05, 0.1) is 11.9 Å². The first-order valence-electron chi connectivity index (χ1n) is 12.7. The van der Waals surface area contributed by atoms with Crippen LogP contribution in [0.15, 0.2) is 78.9 Å². The van der Waals surface area contributed by atoms with Crippen LogP contribution in [0, 0.1) is 6.92 Å². The summed E-state index contributed by atoms with van der Waals surface area (Å²) in [4.78, 5) is 29.2. The number of nitrogens with zero attached hydrogens (tertiary/aromatic N) is 2. The fourth-order valence-electron chi connectivity index (χ4n) is 4.24. The number of sulfonamides is 1. The fraction of sp³-hybridized carbons (Fsp3) is 0.333. The van der Waals surface area contributed by atoms with Crippen LogP contribution in [0.25, 0.3) is 0 Å². The Balaban J connectivity index is 2.07. The third kappa shape index (κ3) is 9.11. The average molecular weight is 570 g/mol. The molecule has 0 saturated carbocycles. The smallest absolute Gasteiger partial charge is 0.244 e. The first kappa shape index (κ1) is 30.2. The van der Waals surface area contributed by atoms with E-state index in [9.17, 15) is 18.0 Å². The van der Waals surface area contributed by atoms with E-state index in [1.165, 1.54) is 4.90 Å². The average Bonchev–Trinajstić information content (AvgIpc) is 2.84. The van der Waals surface area contributed by atoms with Crippen molar-refractivity contribution in [3.63, 3.8) is 0 Å². The second kappa shape index (κ2) is 12.7. The van der Waals surface area contributed by atoms with Gasteiger partial charge in [-0.05, 0) is 63.1 Å². The van der Waals surface area contributed by atoms with Crippen molar-refractivity contribution in [1.82, 2.24) is 10.2 Å². The van der Waals surface area contributed by atoms with Crippen LogP contribution >= 0.6 is 11.6 Å². The van der Waals surface area contributed by atoms with Crippen molar-refractivity contribution in [3.8, 4) is 0 Å². The van der Waals surface area contributed by atoms with Crippen LogP contribution in [0.5, 0.6) is 0 Å². The quantitative estimate of drug-likeness (QED) is 0.373. The summed E-state index contributed by atoms with van der Waals surface area (Å²) in [6.45, 7) is 7.25. The molecular weight excluding hydrogens is 534 g/mol. The van der Waals surface area contributed by atoms with Gasteiger partial charge in [-0.1, -0.05) is 71.8 Å². The summed E-state index contributed by atoms with van der Waals surface area (Å²) < 4.78 is 26.6. The molecule has 1 atom stereocenters. The van der Waals surface area contributed by atoms with E-state index in [1.54, 1.807) is 24.3 Å². The molecule has 208 valence electrons. The van der Waals surface area contributed by atoms with E-state index >= 15 is 0 Å². The lowest BCUT2D eigenvalue weighted by Crippen LogP contribution is -2.56. The molecule has 0 fully saturated rings. The third-order valence-electron chi connectivity index (χ3n) is 6.00. The van der Waals surface area contributed by atoms with Crippen LogP contribution in [-0.4, -0.2) is 49.5 Å². The van der Waals surface area contributed by atoms with Crippen LogP contribution in [0.4, 0.5) is 5.69 Å². The van der Waals surface area contributed by atoms with Crippen molar-refractivity contribution < 1.29 is 18.0 Å². The zero-order valence-electron chi connectivity index (χ0n) is 23.0. The lowest BCUT2D eigenvalue weighted by Gasteiger charge is -2.35. The maximum absolute atomic E-state index is 14.0. The molecule has 9 heteroatoms. The maximum Gasteiger partial charge on any atom is 0.244 e. The molecule has 0 spiro atoms. The van der Waals surface area contributed by atoms with Gasteiger partial charge >= 0.3 is 0 Å². The van der Waals surface area contributed by atoms with Gasteiger partial charge in [0.15, 0.2) is 0 Å². The molecule has 0 aliphatic rings. The van der Waals surface area contributed by atoms with Gasteiger partial charge in [0.1, 0.15) is 12.6 Å². The van der Waals surface area contributed by atoms with Gasteiger partial charge in [0.25, 0.3) is 0 Å². The van der Waals surface area contributed by atoms with Crippen LogP contribution in [-0.2, 0) is 32.6 Å². The van der Waals surface area contributed by atoms with Gasteiger partial charge < -0.3 is 10.2 Å². The number of hydrogen-bond acceptors (Lipinski definition) is 4. The van der Waals surface area contributed by atoms with Crippen LogP contribution < -0.4 is 9.62 Å². The summed E-state index contributed by atoms with van der Waals surface area (Å²) in [5, 5.41) is 3.46. The van der Waals surface area contributed by atoms with E-state index in [4.69, 9.17) is 11.6 Å². The summed E-state index contributed by atoms with van der Waals surface area (Å²) in [5.74, 6) is -0.813. The Hall–Kier alpha value is -3.36. The molecule has 0 aliphatic carbocycles. The van der Waals surface area contributed by atoms with E-state index in [1.807, 2.05) is 82.3 Å². The lowest BCUT2D eigenvalue weighted by molar-refractivity contribution is -0.140. The topological polar surface area (TPSA) is 86.8 Å². The van der Waals surface area contributed by atoms with Gasteiger partial charge in [-0.2, -0.15) is 0 Å². The Morgan fingerprint density at radius 1 is 0.923 bits per heavy atom. The van der Waals surface area contributed by atoms with E-state index < -0.39 is 34.1 Å². The predicted octanol–water partition coefficient (Wildman–Crippen LogP) is 4.97. The molecule has 0 unspecified atom stereocenters. The molecule has 1 N–H and O–H groups in total. The second-order valence-corrected chi connectivity index (χ2v) is 13.0. The van der Waals surface area contributed by atoms with Crippen molar-refractivity contribution >= 4 is 39.1 Å². The van der Waals surface area contributed by atoms with E-state index in [2.05, 4.69) is 5.32 Å². The number of anilines is 1. The summed E-state index contributed by atoms with van der Waals surface area (Å²) in [6, 6.07) is 22.5. The molecule has 0 bridgehead atoms. The van der Waals surface area contributed by atoms with Crippen molar-refractivity contribution in [2.24, 2.45) is 0 Å². The Bertz CT molecular complexity index is 1390. The minimum Gasteiger partial charge on any atom is -0.350 e. The Kier molecular flexibility index (Phi) is 9.80. The lowest BCUT2D eigenvalue weighted by atomic mass is 10.0. The molecule has 0 aromatic heterocycles. The zero-order chi connectivity index (χ0) is 28.8. The van der Waals surface area contributed by atoms with Crippen molar-refractivity contribution in [2.45, 2.75) is 52.2 Å². The summed E-state index contributed by atoms with van der Waals surface area (Å²) in [6.07, 6.45) is 1.31. The molecule has 0 saturated heterocycles. The molecular formula is C30H36ClN3O4S. The van der Waals surface area contributed by atoms with Gasteiger partial charge in [-0.3, -0.25) is 13.9 Å². The first-order valence-corrected chi connectivity index (χ1v) is 14.9. The van der Waals surface area contributed by atoms with Crippen LogP contribution in [0.3, 0.4) is 0 Å². The number of carbonyl (C=O) groups excluding carboxylic acids is 2. The minimum absolute atomic E-state index is 0.133. The summed E-state index contributed by atoms with van der Waals surface area (Å²) in [7, 11) is -3.83. The van der Waals surface area contributed by atoms with Gasteiger partial charge in [-0.25, -0.2) is 8.42 Å². The fourth-order valence-corrected chi connectivity index (χ4v) is 5.21. The number of rotatable bonds is 10. The largest absolute Gasteiger partial charge is 0.350 e. The number of aryl methyl sites for hydroxylation is 1. The van der Waals surface area contributed by atoms with Crippen molar-refractivity contribution in [1.29, 1.82) is 0 Å². The third-order valence-corrected chi connectivity index (χ3v) is 7.39. The SMILES string of the molecule is Cc1cccc(CN(C(=O)CN(c2ccc(Cl)cc2)S(C)(=O)=O)[C@@H](Cc2ccccc2)C(=O)NC(C)(C)C)c1. The number of hydrogen-bond donors (Lipinski definition) is 1. The Morgan fingerprint density at radius 2 is 1.54 bits per heavy atom. The minimum atomic E-state index is -3.83. The highest BCUT2D eigenvalue weighted by Crippen LogP contribution is 2.22. The number of nitrogens with one attached hydrogen (secondary N) is 1. The summed E-state index contributed by atoms with van der Waals surface area (Å²) >= 11 is 6.01. The molecule has 7 nitrogen and oxygen atoms in total. The highest BCUT2D eigenvalue weighted by Gasteiger charge is 2.34. The second-order valence-electron chi connectivity index (χ2n) is 10.7. The van der Waals surface area contributed by atoms with E-state index in [-0.39, 0.29) is 18.9 Å². The Morgan fingerprint density at radius 3 is 2.10 bits per heavy atom. The van der Waals surface area contributed by atoms with Crippen LogP contribution in [0.1, 0.15) is 37.5 Å². The Labute approximate surface area is 236 Å². The number of carbonyl (C=O) groups is 2. The molecule has 3 aromatic carbocycles. The maximum atomic E-state index is 14.0. The highest BCUT2D eigenvalue weighted by molar-refractivity contribution is 7.92. The van der Waals surface area contributed by atoms with E-state index in [0.717, 1.165) is 27.3 Å². The number of halogens is 1. The molecule has 3 rings (SSSR count). The zero-order valence-corrected chi connectivity index (χ0v) is 24.6. The highest BCUT2D eigenvalue weighted by atomic mass is 35.5. The molecule has 0 heterocycles. The molecule has 0 aliphatic heterocycles. The van der Waals surface area contributed by atoms with Crippen molar-refractivity contribution in [3.05, 3.63) is 101 Å². The monoisotopic (exact) mass is 569 g/mol. The normalized spacial score (nSPS) is 12.5. The van der Waals surface area contributed by atoms with E-state index in [0.29, 0.717) is 10.7 Å². The summed E-state index contributed by atoms with van der Waals surface area (Å²) in [5.41, 5.74) is 2.50. The molecule has 3 aromatic rings. The molecule has 0 radical (unpaired) electrons. The van der Waals surface area contributed by atoms with Crippen molar-refractivity contribution in [2.75, 3.05) is 17.1 Å². The standard InChI is InChI=1S/C30H36ClN3O4S/c1-22-10-9-13-24(18-22)20-33(27(29(36)32-30(2,3)4)19-23-11-7-6-8-12-23)28(35)21-34(39(5,37)38)26-16-14-25(31)15-17-26/h6-18,27H,19-21H2,1-5H3,(H,32,36)/t27-/m0/s1. The number of amides is 2. The van der Waals surface area contributed by atoms with Crippen LogP contribution in [0.2, 0.25) is 5.02 Å².